The minimum Gasteiger partial charge on any atom is -0.756 e. The van der Waals surface area contributed by atoms with Crippen molar-refractivity contribution in [3.05, 3.63) is 48.6 Å². The molecule has 0 saturated carbocycles. The van der Waals surface area contributed by atoms with Gasteiger partial charge in [-0.1, -0.05) is 204 Å². The highest BCUT2D eigenvalue weighted by Crippen LogP contribution is 2.38. The Morgan fingerprint density at radius 3 is 1.41 bits per heavy atom. The van der Waals surface area contributed by atoms with Crippen LogP contribution in [-0.4, -0.2) is 70.7 Å². The Bertz CT molecular complexity index is 1080. The third-order valence-electron chi connectivity index (χ3n) is 10.4. The number of allylic oxidation sites excluding steroid dienone is 8. The molecule has 0 spiro atoms. The van der Waals surface area contributed by atoms with Gasteiger partial charge in [0, 0.05) is 13.0 Å². The maximum atomic E-state index is 12.7. The summed E-state index contributed by atoms with van der Waals surface area (Å²) in [5.74, 6) is -0.350. The molecule has 8 nitrogen and oxygen atoms in total. The number of nitrogens with zero attached hydrogens (tertiary/aromatic N) is 1. The number of quaternary nitrogens is 1. The van der Waals surface area contributed by atoms with E-state index >= 15 is 0 Å². The third-order valence-corrected chi connectivity index (χ3v) is 11.4. The minimum absolute atomic E-state index is 0.0159. The zero-order chi connectivity index (χ0) is 43.4. The van der Waals surface area contributed by atoms with Gasteiger partial charge in [-0.05, 0) is 44.9 Å². The number of rotatable bonds is 45. The van der Waals surface area contributed by atoms with Crippen molar-refractivity contribution < 1.29 is 37.3 Å². The van der Waals surface area contributed by atoms with Crippen molar-refractivity contribution in [2.24, 2.45) is 0 Å². The highest BCUT2D eigenvalue weighted by Gasteiger charge is 2.20. The van der Waals surface area contributed by atoms with E-state index in [1.807, 2.05) is 21.1 Å². The predicted octanol–water partition coefficient (Wildman–Crippen LogP) is 14.1. The summed E-state index contributed by atoms with van der Waals surface area (Å²) in [7, 11) is 1.32. The standard InChI is InChI=1S/C50H94NO7P/c1-6-8-10-12-14-16-18-20-22-23-24-25-26-27-28-29-30-31-33-35-37-39-41-43-50(52)58-49(48-57-59(53,54)56-46-44-51(3,4)5)47-55-45-42-40-38-36-34-32-21-19-17-15-13-11-9-7-2/h9,11,15,17,21,32,36,38,49H,6-8,10,12-14,16,18-20,22-31,33-35,37,39-48H2,1-5H3/b11-9-,17-15-,32-21-,38-36-. The zero-order valence-electron chi connectivity index (χ0n) is 39.2. The van der Waals surface area contributed by atoms with Gasteiger partial charge < -0.3 is 27.9 Å². The van der Waals surface area contributed by atoms with Gasteiger partial charge in [-0.25, -0.2) is 0 Å². The van der Waals surface area contributed by atoms with Crippen molar-refractivity contribution in [2.75, 3.05) is 54.1 Å². The minimum atomic E-state index is -4.54. The predicted molar refractivity (Wildman–Crippen MR) is 250 cm³/mol. The molecule has 346 valence electrons. The van der Waals surface area contributed by atoms with Gasteiger partial charge in [-0.15, -0.1) is 0 Å². The summed E-state index contributed by atoms with van der Waals surface area (Å²) >= 11 is 0. The van der Waals surface area contributed by atoms with E-state index in [0.717, 1.165) is 57.8 Å². The van der Waals surface area contributed by atoms with E-state index in [0.29, 0.717) is 24.1 Å². The number of ether oxygens (including phenoxy) is 2. The van der Waals surface area contributed by atoms with Crippen LogP contribution in [0.3, 0.4) is 0 Å². The van der Waals surface area contributed by atoms with Gasteiger partial charge in [0.25, 0.3) is 7.82 Å². The number of hydrogen-bond acceptors (Lipinski definition) is 7. The van der Waals surface area contributed by atoms with E-state index in [9.17, 15) is 14.3 Å². The number of carbonyl (C=O) groups excluding carboxylic acids is 1. The molecule has 0 saturated heterocycles. The topological polar surface area (TPSA) is 94.1 Å². The molecule has 0 aromatic rings. The van der Waals surface area contributed by atoms with Crippen LogP contribution in [0.25, 0.3) is 0 Å². The summed E-state index contributed by atoms with van der Waals surface area (Å²) in [5.41, 5.74) is 0. The van der Waals surface area contributed by atoms with E-state index in [1.165, 1.54) is 128 Å². The summed E-state index contributed by atoms with van der Waals surface area (Å²) in [6, 6.07) is 0. The monoisotopic (exact) mass is 852 g/mol. The highest BCUT2D eigenvalue weighted by molar-refractivity contribution is 7.45. The molecule has 59 heavy (non-hydrogen) atoms. The Balaban J connectivity index is 4.15. The number of likely N-dealkylation sites (N-methyl/N-ethyl adjacent to an activating group) is 1. The molecule has 0 aromatic carbocycles. The summed E-state index contributed by atoms with van der Waals surface area (Å²) in [6.45, 7) is 5.17. The molecular formula is C50H94NO7P. The maximum Gasteiger partial charge on any atom is 0.306 e. The SMILES string of the molecule is CC/C=C\C/C=C\C/C=C\C/C=C\CCCOCC(COP(=O)([O-])OCC[N+](C)(C)C)OC(=O)CCCCCCCCCCCCCCCCCCCCCCCCC. The lowest BCUT2D eigenvalue weighted by atomic mass is 10.0. The fraction of sp³-hybridized carbons (Fsp3) is 0.820. The van der Waals surface area contributed by atoms with Crippen LogP contribution < -0.4 is 4.89 Å². The molecule has 0 amide bonds. The first-order chi connectivity index (χ1) is 28.6. The van der Waals surface area contributed by atoms with Gasteiger partial charge in [0.1, 0.15) is 19.3 Å². The van der Waals surface area contributed by atoms with Gasteiger partial charge in [0.15, 0.2) is 0 Å². The molecule has 0 radical (unpaired) electrons. The van der Waals surface area contributed by atoms with E-state index in [-0.39, 0.29) is 25.8 Å². The van der Waals surface area contributed by atoms with Gasteiger partial charge in [-0.3, -0.25) is 9.36 Å². The zero-order valence-corrected chi connectivity index (χ0v) is 40.1. The molecule has 0 bridgehead atoms. The smallest absolute Gasteiger partial charge is 0.306 e. The summed E-state index contributed by atoms with van der Waals surface area (Å²) in [6.07, 6.45) is 53.0. The van der Waals surface area contributed by atoms with Crippen LogP contribution >= 0.6 is 7.82 Å². The molecular weight excluding hydrogens is 758 g/mol. The molecule has 0 fully saturated rings. The maximum absolute atomic E-state index is 12.7. The van der Waals surface area contributed by atoms with Crippen LogP contribution in [0.2, 0.25) is 0 Å². The largest absolute Gasteiger partial charge is 0.756 e. The number of unbranched alkanes of at least 4 members (excludes halogenated alkanes) is 23. The third kappa shape index (κ3) is 47.4. The quantitative estimate of drug-likeness (QED) is 0.0198. The number of hydrogen-bond donors (Lipinski definition) is 0. The van der Waals surface area contributed by atoms with E-state index < -0.39 is 13.9 Å². The Morgan fingerprint density at radius 2 is 0.966 bits per heavy atom. The Labute approximate surface area is 365 Å². The van der Waals surface area contributed by atoms with Gasteiger partial charge in [-0.2, -0.15) is 0 Å². The van der Waals surface area contributed by atoms with Crippen LogP contribution in [0.4, 0.5) is 0 Å². The second kappa shape index (κ2) is 43.1. The molecule has 0 aromatic heterocycles. The number of phosphoric acid groups is 1. The Kier molecular flexibility index (Phi) is 42.0. The summed E-state index contributed by atoms with van der Waals surface area (Å²) in [5, 5.41) is 0. The van der Waals surface area contributed by atoms with Crippen LogP contribution in [0.1, 0.15) is 206 Å². The van der Waals surface area contributed by atoms with Crippen LogP contribution in [0.5, 0.6) is 0 Å². The fourth-order valence-electron chi connectivity index (χ4n) is 6.67. The molecule has 0 aliphatic carbocycles. The van der Waals surface area contributed by atoms with Gasteiger partial charge >= 0.3 is 5.97 Å². The van der Waals surface area contributed by atoms with Crippen molar-refractivity contribution >= 4 is 13.8 Å². The first-order valence-corrected chi connectivity index (χ1v) is 25.8. The molecule has 9 heteroatoms. The second-order valence-corrected chi connectivity index (χ2v) is 18.9. The summed E-state index contributed by atoms with van der Waals surface area (Å²) < 4.78 is 34.6. The van der Waals surface area contributed by atoms with Crippen LogP contribution in [-0.2, 0) is 27.9 Å². The molecule has 0 aliphatic heterocycles. The van der Waals surface area contributed by atoms with E-state index in [4.69, 9.17) is 18.5 Å². The van der Waals surface area contributed by atoms with Gasteiger partial charge in [0.2, 0.25) is 0 Å². The average molecular weight is 852 g/mol. The second-order valence-electron chi connectivity index (χ2n) is 17.4. The highest BCUT2D eigenvalue weighted by atomic mass is 31.2. The van der Waals surface area contributed by atoms with Crippen LogP contribution in [0.15, 0.2) is 48.6 Å². The molecule has 0 heterocycles. The van der Waals surface area contributed by atoms with Crippen LogP contribution in [0, 0.1) is 0 Å². The van der Waals surface area contributed by atoms with E-state index in [2.05, 4.69) is 62.5 Å². The lowest BCUT2D eigenvalue weighted by molar-refractivity contribution is -0.870. The molecule has 2 atom stereocenters. The lowest BCUT2D eigenvalue weighted by Crippen LogP contribution is -2.37. The summed E-state index contributed by atoms with van der Waals surface area (Å²) in [4.78, 5) is 25.1. The average Bonchev–Trinajstić information content (AvgIpc) is 3.19. The number of esters is 1. The normalized spacial score (nSPS) is 14.1. The molecule has 0 aliphatic rings. The number of phosphoric ester groups is 1. The van der Waals surface area contributed by atoms with Gasteiger partial charge in [0.05, 0.1) is 34.4 Å². The first kappa shape index (κ1) is 57.5. The number of carbonyl (C=O) groups is 1. The first-order valence-electron chi connectivity index (χ1n) is 24.4. The van der Waals surface area contributed by atoms with Crippen molar-refractivity contribution in [1.29, 1.82) is 0 Å². The Hall–Kier alpha value is -1.54. The van der Waals surface area contributed by atoms with Crippen molar-refractivity contribution in [2.45, 2.75) is 213 Å². The van der Waals surface area contributed by atoms with Crippen molar-refractivity contribution in [1.82, 2.24) is 0 Å². The lowest BCUT2D eigenvalue weighted by Gasteiger charge is -2.28. The molecule has 2 unspecified atom stereocenters. The van der Waals surface area contributed by atoms with E-state index in [1.54, 1.807) is 0 Å². The molecule has 0 N–H and O–H groups in total. The molecule has 0 rings (SSSR count). The Morgan fingerprint density at radius 1 is 0.542 bits per heavy atom. The van der Waals surface area contributed by atoms with Crippen molar-refractivity contribution in [3.63, 3.8) is 0 Å². The fourth-order valence-corrected chi connectivity index (χ4v) is 7.40. The van der Waals surface area contributed by atoms with Crippen molar-refractivity contribution in [3.8, 4) is 0 Å².